The molecule has 0 radical (unpaired) electrons. The van der Waals surface area contributed by atoms with E-state index in [9.17, 15) is 0 Å². The number of likely N-dealkylation sites (N-methyl/N-ethyl adjacent to an activating group) is 1. The van der Waals surface area contributed by atoms with E-state index in [4.69, 9.17) is 5.73 Å². The molecule has 2 N–H and O–H groups in total. The van der Waals surface area contributed by atoms with Gasteiger partial charge in [-0.2, -0.15) is 0 Å². The van der Waals surface area contributed by atoms with E-state index in [2.05, 4.69) is 29.9 Å². The Hall–Kier alpha value is -0.930. The smallest absolute Gasteiger partial charge is 0.0332 e. The maximum atomic E-state index is 6.19. The molecule has 3 nitrogen and oxygen atoms in total. The van der Waals surface area contributed by atoms with E-state index in [0.717, 1.165) is 19.0 Å². The predicted octanol–water partition coefficient (Wildman–Crippen LogP) is 3.20. The normalized spacial score (nSPS) is 27.5. The topological polar surface area (TPSA) is 42.1 Å². The molecule has 0 bridgehead atoms. The van der Waals surface area contributed by atoms with Crippen molar-refractivity contribution in [2.75, 3.05) is 13.6 Å². The van der Waals surface area contributed by atoms with Crippen LogP contribution in [0, 0.1) is 5.92 Å². The third-order valence-corrected chi connectivity index (χ3v) is 5.18. The monoisotopic (exact) mass is 275 g/mol. The van der Waals surface area contributed by atoms with Gasteiger partial charge in [-0.25, -0.2) is 0 Å². The van der Waals surface area contributed by atoms with E-state index in [1.807, 2.05) is 18.5 Å². The summed E-state index contributed by atoms with van der Waals surface area (Å²) in [6.45, 7) is 4.03. The maximum absolute atomic E-state index is 6.19. The zero-order valence-corrected chi connectivity index (χ0v) is 13.0. The summed E-state index contributed by atoms with van der Waals surface area (Å²) in [5, 5.41) is 0. The largest absolute Gasteiger partial charge is 0.329 e. The Labute approximate surface area is 123 Å². The summed E-state index contributed by atoms with van der Waals surface area (Å²) >= 11 is 0. The van der Waals surface area contributed by atoms with Crippen molar-refractivity contribution >= 4 is 0 Å². The summed E-state index contributed by atoms with van der Waals surface area (Å²) in [7, 11) is 2.23. The van der Waals surface area contributed by atoms with Gasteiger partial charge in [0, 0.05) is 31.0 Å². The van der Waals surface area contributed by atoms with Gasteiger partial charge in [-0.15, -0.1) is 0 Å². The van der Waals surface area contributed by atoms with Crippen LogP contribution in [0.2, 0.25) is 0 Å². The number of rotatable bonds is 5. The van der Waals surface area contributed by atoms with Gasteiger partial charge in [-0.1, -0.05) is 32.3 Å². The van der Waals surface area contributed by atoms with Crippen LogP contribution in [0.3, 0.4) is 0 Å². The summed E-state index contributed by atoms with van der Waals surface area (Å²) < 4.78 is 0. The van der Waals surface area contributed by atoms with Crippen molar-refractivity contribution in [1.82, 2.24) is 9.88 Å². The molecule has 0 aromatic carbocycles. The molecule has 0 spiro atoms. The second-order valence-corrected chi connectivity index (χ2v) is 6.35. The molecule has 1 fully saturated rings. The van der Waals surface area contributed by atoms with Crippen LogP contribution in [0.5, 0.6) is 0 Å². The molecule has 1 aliphatic carbocycles. The minimum absolute atomic E-state index is 0.180. The molecular formula is C17H29N3. The fourth-order valence-electron chi connectivity index (χ4n) is 3.55. The lowest BCUT2D eigenvalue weighted by Gasteiger charge is -2.41. The molecule has 1 saturated carbocycles. The average Bonchev–Trinajstić information content (AvgIpc) is 2.71. The van der Waals surface area contributed by atoms with Crippen LogP contribution in [-0.2, 0) is 6.54 Å². The summed E-state index contributed by atoms with van der Waals surface area (Å²) in [4.78, 5) is 6.69. The zero-order chi connectivity index (χ0) is 14.4. The Balaban J connectivity index is 2.05. The summed E-state index contributed by atoms with van der Waals surface area (Å²) in [6, 6.07) is 4.16. The van der Waals surface area contributed by atoms with Crippen LogP contribution in [-0.4, -0.2) is 29.0 Å². The molecule has 1 aromatic heterocycles. The predicted molar refractivity (Wildman–Crippen MR) is 84.4 cm³/mol. The van der Waals surface area contributed by atoms with Gasteiger partial charge in [0.05, 0.1) is 0 Å². The summed E-state index contributed by atoms with van der Waals surface area (Å²) in [5.41, 5.74) is 7.65. The van der Waals surface area contributed by atoms with Crippen LogP contribution in [0.15, 0.2) is 24.5 Å². The number of hydrogen-bond donors (Lipinski definition) is 1. The van der Waals surface area contributed by atoms with Crippen LogP contribution >= 0.6 is 0 Å². The Kier molecular flexibility index (Phi) is 5.55. The van der Waals surface area contributed by atoms with Crippen molar-refractivity contribution in [1.29, 1.82) is 0 Å². The molecule has 2 atom stereocenters. The lowest BCUT2D eigenvalue weighted by atomic mass is 9.87. The molecule has 0 saturated heterocycles. The SMILES string of the molecule is CCC1CCCC(CN)(N(C)Cc2cccnc2)CC1. The molecule has 0 amide bonds. The van der Waals surface area contributed by atoms with E-state index in [1.54, 1.807) is 0 Å². The van der Waals surface area contributed by atoms with Crippen LogP contribution in [0.25, 0.3) is 0 Å². The highest BCUT2D eigenvalue weighted by molar-refractivity contribution is 5.09. The fourth-order valence-corrected chi connectivity index (χ4v) is 3.55. The van der Waals surface area contributed by atoms with Crippen molar-refractivity contribution in [3.8, 4) is 0 Å². The van der Waals surface area contributed by atoms with Crippen LogP contribution in [0.4, 0.5) is 0 Å². The van der Waals surface area contributed by atoms with Gasteiger partial charge in [0.25, 0.3) is 0 Å². The van der Waals surface area contributed by atoms with Gasteiger partial charge >= 0.3 is 0 Å². The molecule has 1 heterocycles. The summed E-state index contributed by atoms with van der Waals surface area (Å²) in [5.74, 6) is 0.898. The molecular weight excluding hydrogens is 246 g/mol. The van der Waals surface area contributed by atoms with E-state index in [0.29, 0.717) is 0 Å². The molecule has 1 aromatic rings. The number of hydrogen-bond acceptors (Lipinski definition) is 3. The van der Waals surface area contributed by atoms with Gasteiger partial charge in [0.2, 0.25) is 0 Å². The van der Waals surface area contributed by atoms with Crippen molar-refractivity contribution < 1.29 is 0 Å². The number of nitrogens with two attached hydrogens (primary N) is 1. The van der Waals surface area contributed by atoms with Gasteiger partial charge in [0.15, 0.2) is 0 Å². The third kappa shape index (κ3) is 3.58. The third-order valence-electron chi connectivity index (χ3n) is 5.18. The second kappa shape index (κ2) is 7.19. The molecule has 0 aliphatic heterocycles. The maximum Gasteiger partial charge on any atom is 0.0332 e. The Bertz CT molecular complexity index is 392. The highest BCUT2D eigenvalue weighted by Gasteiger charge is 2.35. The zero-order valence-electron chi connectivity index (χ0n) is 13.0. The first-order valence-electron chi connectivity index (χ1n) is 8.00. The van der Waals surface area contributed by atoms with Gasteiger partial charge < -0.3 is 5.73 Å². The first-order chi connectivity index (χ1) is 9.70. The Morgan fingerprint density at radius 3 is 2.90 bits per heavy atom. The lowest BCUT2D eigenvalue weighted by molar-refractivity contribution is 0.0982. The highest BCUT2D eigenvalue weighted by atomic mass is 15.2. The van der Waals surface area contributed by atoms with E-state index < -0.39 is 0 Å². The first kappa shape index (κ1) is 15.5. The minimum Gasteiger partial charge on any atom is -0.329 e. The van der Waals surface area contributed by atoms with Crippen molar-refractivity contribution in [3.05, 3.63) is 30.1 Å². The minimum atomic E-state index is 0.180. The number of aromatic nitrogens is 1. The Morgan fingerprint density at radius 1 is 1.40 bits per heavy atom. The quantitative estimate of drug-likeness (QED) is 0.839. The molecule has 112 valence electrons. The fraction of sp³-hybridized carbons (Fsp3) is 0.706. The highest BCUT2D eigenvalue weighted by Crippen LogP contribution is 2.35. The van der Waals surface area contributed by atoms with Gasteiger partial charge in [-0.05, 0) is 43.9 Å². The van der Waals surface area contributed by atoms with Gasteiger partial charge in [0.1, 0.15) is 0 Å². The number of nitrogens with zero attached hydrogens (tertiary/aromatic N) is 2. The number of pyridine rings is 1. The molecule has 1 aliphatic rings. The van der Waals surface area contributed by atoms with Crippen LogP contribution in [0.1, 0.15) is 51.0 Å². The van der Waals surface area contributed by atoms with E-state index in [1.165, 1.54) is 44.1 Å². The Morgan fingerprint density at radius 2 is 2.25 bits per heavy atom. The van der Waals surface area contributed by atoms with Crippen molar-refractivity contribution in [3.63, 3.8) is 0 Å². The van der Waals surface area contributed by atoms with Crippen molar-refractivity contribution in [2.45, 2.75) is 57.5 Å². The van der Waals surface area contributed by atoms with Crippen molar-refractivity contribution in [2.24, 2.45) is 11.7 Å². The second-order valence-electron chi connectivity index (χ2n) is 6.35. The van der Waals surface area contributed by atoms with Gasteiger partial charge in [-0.3, -0.25) is 9.88 Å². The first-order valence-corrected chi connectivity index (χ1v) is 8.00. The standard InChI is InChI=1S/C17H29N3/c1-3-15-6-4-9-17(14-18,10-8-15)20(2)13-16-7-5-11-19-12-16/h5,7,11-12,15H,3-4,6,8-10,13-14,18H2,1-2H3. The average molecular weight is 275 g/mol. The lowest BCUT2D eigenvalue weighted by Crippen LogP contribution is -2.51. The molecule has 2 unspecified atom stereocenters. The molecule has 2 rings (SSSR count). The van der Waals surface area contributed by atoms with E-state index in [-0.39, 0.29) is 5.54 Å². The van der Waals surface area contributed by atoms with Crippen LogP contribution < -0.4 is 5.73 Å². The summed E-state index contributed by atoms with van der Waals surface area (Å²) in [6.07, 6.45) is 11.6. The molecule has 20 heavy (non-hydrogen) atoms. The van der Waals surface area contributed by atoms with E-state index >= 15 is 0 Å². The molecule has 3 heteroatoms.